The average molecular weight is 231 g/mol. The lowest BCUT2D eigenvalue weighted by Crippen LogP contribution is -2.22. The molecule has 0 aliphatic heterocycles. The van der Waals surface area contributed by atoms with E-state index in [1.54, 1.807) is 0 Å². The highest BCUT2D eigenvalue weighted by molar-refractivity contribution is 5.75. The Hall–Kier alpha value is -1.31. The summed E-state index contributed by atoms with van der Waals surface area (Å²) in [5.41, 5.74) is 1.17. The molecule has 1 saturated carbocycles. The van der Waals surface area contributed by atoms with Crippen LogP contribution >= 0.6 is 0 Å². The summed E-state index contributed by atoms with van der Waals surface area (Å²) in [7, 11) is 0. The zero-order chi connectivity index (χ0) is 11.9. The fourth-order valence-corrected chi connectivity index (χ4v) is 2.52. The van der Waals surface area contributed by atoms with E-state index in [0.717, 1.165) is 12.3 Å². The number of nitrogens with one attached hydrogen (secondary N) is 1. The molecule has 0 saturated heterocycles. The van der Waals surface area contributed by atoms with E-state index in [9.17, 15) is 4.79 Å². The SMILES string of the molecule is O=C(CCC1CCCC1)NCc1ccccc1. The second-order valence-corrected chi connectivity index (χ2v) is 4.95. The van der Waals surface area contributed by atoms with Crippen LogP contribution in [0, 0.1) is 5.92 Å². The fourth-order valence-electron chi connectivity index (χ4n) is 2.52. The van der Waals surface area contributed by atoms with Crippen molar-refractivity contribution in [2.24, 2.45) is 5.92 Å². The summed E-state index contributed by atoms with van der Waals surface area (Å²) in [5.74, 6) is 0.998. The summed E-state index contributed by atoms with van der Waals surface area (Å²) >= 11 is 0. The van der Waals surface area contributed by atoms with E-state index in [0.29, 0.717) is 13.0 Å². The highest BCUT2D eigenvalue weighted by atomic mass is 16.1. The Morgan fingerprint density at radius 2 is 1.88 bits per heavy atom. The molecule has 1 aliphatic rings. The Labute approximate surface area is 103 Å². The first kappa shape index (κ1) is 12.2. The molecule has 1 aliphatic carbocycles. The number of carbonyl (C=O) groups is 1. The quantitative estimate of drug-likeness (QED) is 0.828. The monoisotopic (exact) mass is 231 g/mol. The predicted octanol–water partition coefficient (Wildman–Crippen LogP) is 3.27. The predicted molar refractivity (Wildman–Crippen MR) is 69.5 cm³/mol. The first-order valence-corrected chi connectivity index (χ1v) is 6.65. The van der Waals surface area contributed by atoms with Gasteiger partial charge < -0.3 is 5.32 Å². The maximum Gasteiger partial charge on any atom is 0.220 e. The third kappa shape index (κ3) is 4.22. The maximum absolute atomic E-state index is 11.7. The lowest BCUT2D eigenvalue weighted by Gasteiger charge is -2.09. The van der Waals surface area contributed by atoms with E-state index in [2.05, 4.69) is 5.32 Å². The number of carbonyl (C=O) groups excluding carboxylic acids is 1. The van der Waals surface area contributed by atoms with E-state index < -0.39 is 0 Å². The Kier molecular flexibility index (Phi) is 4.60. The van der Waals surface area contributed by atoms with Gasteiger partial charge in [0.05, 0.1) is 0 Å². The van der Waals surface area contributed by atoms with Crippen LogP contribution in [0.5, 0.6) is 0 Å². The largest absolute Gasteiger partial charge is 0.352 e. The van der Waals surface area contributed by atoms with E-state index in [4.69, 9.17) is 0 Å². The molecule has 0 bridgehead atoms. The van der Waals surface area contributed by atoms with Gasteiger partial charge in [-0.25, -0.2) is 0 Å². The molecular formula is C15H21NO. The Morgan fingerprint density at radius 3 is 2.59 bits per heavy atom. The number of hydrogen-bond donors (Lipinski definition) is 1. The lowest BCUT2D eigenvalue weighted by molar-refractivity contribution is -0.121. The zero-order valence-electron chi connectivity index (χ0n) is 10.3. The highest BCUT2D eigenvalue weighted by Gasteiger charge is 2.15. The van der Waals surface area contributed by atoms with Crippen LogP contribution in [0.25, 0.3) is 0 Å². The molecule has 1 N–H and O–H groups in total. The van der Waals surface area contributed by atoms with Crippen LogP contribution in [0.2, 0.25) is 0 Å². The van der Waals surface area contributed by atoms with E-state index in [-0.39, 0.29) is 5.91 Å². The van der Waals surface area contributed by atoms with Crippen LogP contribution in [0.3, 0.4) is 0 Å². The van der Waals surface area contributed by atoms with Crippen molar-refractivity contribution < 1.29 is 4.79 Å². The topological polar surface area (TPSA) is 29.1 Å². The van der Waals surface area contributed by atoms with E-state index in [1.807, 2.05) is 30.3 Å². The molecule has 0 aromatic heterocycles. The fraction of sp³-hybridized carbons (Fsp3) is 0.533. The molecule has 1 aromatic rings. The Bertz CT molecular complexity index is 341. The average Bonchev–Trinajstić information content (AvgIpc) is 2.88. The Balaban J connectivity index is 1.64. The first-order chi connectivity index (χ1) is 8.34. The third-order valence-electron chi connectivity index (χ3n) is 3.59. The van der Waals surface area contributed by atoms with E-state index in [1.165, 1.54) is 31.2 Å². The minimum atomic E-state index is 0.195. The van der Waals surface area contributed by atoms with Crippen LogP contribution in [-0.4, -0.2) is 5.91 Å². The van der Waals surface area contributed by atoms with Crippen molar-refractivity contribution in [3.63, 3.8) is 0 Å². The molecule has 0 radical (unpaired) electrons. The summed E-state index contributed by atoms with van der Waals surface area (Å²) in [4.78, 5) is 11.7. The molecular weight excluding hydrogens is 210 g/mol. The first-order valence-electron chi connectivity index (χ1n) is 6.65. The van der Waals surface area contributed by atoms with Gasteiger partial charge in [-0.2, -0.15) is 0 Å². The minimum Gasteiger partial charge on any atom is -0.352 e. The summed E-state index contributed by atoms with van der Waals surface area (Å²) < 4.78 is 0. The van der Waals surface area contributed by atoms with Crippen LogP contribution in [0.15, 0.2) is 30.3 Å². The molecule has 0 unspecified atom stereocenters. The van der Waals surface area contributed by atoms with Gasteiger partial charge in [0, 0.05) is 13.0 Å². The van der Waals surface area contributed by atoms with Gasteiger partial charge in [0.2, 0.25) is 5.91 Å². The molecule has 1 aromatic carbocycles. The number of amides is 1. The van der Waals surface area contributed by atoms with Crippen molar-refractivity contribution in [2.75, 3.05) is 0 Å². The van der Waals surface area contributed by atoms with Crippen molar-refractivity contribution in [2.45, 2.75) is 45.1 Å². The van der Waals surface area contributed by atoms with Gasteiger partial charge in [-0.3, -0.25) is 4.79 Å². The second-order valence-electron chi connectivity index (χ2n) is 4.95. The number of hydrogen-bond acceptors (Lipinski definition) is 1. The summed E-state index contributed by atoms with van der Waals surface area (Å²) in [6.45, 7) is 0.657. The number of rotatable bonds is 5. The molecule has 2 rings (SSSR count). The normalized spacial score (nSPS) is 16.0. The Morgan fingerprint density at radius 1 is 1.18 bits per heavy atom. The molecule has 92 valence electrons. The van der Waals surface area contributed by atoms with Crippen LogP contribution in [0.1, 0.15) is 44.1 Å². The molecule has 2 nitrogen and oxygen atoms in total. The van der Waals surface area contributed by atoms with Crippen molar-refractivity contribution >= 4 is 5.91 Å². The van der Waals surface area contributed by atoms with Crippen molar-refractivity contribution in [1.29, 1.82) is 0 Å². The maximum atomic E-state index is 11.7. The molecule has 0 spiro atoms. The third-order valence-corrected chi connectivity index (χ3v) is 3.59. The van der Waals surface area contributed by atoms with Gasteiger partial charge in [-0.05, 0) is 17.9 Å². The van der Waals surface area contributed by atoms with Crippen molar-refractivity contribution in [3.05, 3.63) is 35.9 Å². The van der Waals surface area contributed by atoms with Crippen LogP contribution in [-0.2, 0) is 11.3 Å². The van der Waals surface area contributed by atoms with Gasteiger partial charge in [0.15, 0.2) is 0 Å². The van der Waals surface area contributed by atoms with Gasteiger partial charge in [0.25, 0.3) is 0 Å². The molecule has 17 heavy (non-hydrogen) atoms. The van der Waals surface area contributed by atoms with Crippen LogP contribution < -0.4 is 5.32 Å². The van der Waals surface area contributed by atoms with Crippen LogP contribution in [0.4, 0.5) is 0 Å². The van der Waals surface area contributed by atoms with Gasteiger partial charge >= 0.3 is 0 Å². The summed E-state index contributed by atoms with van der Waals surface area (Å²) in [6, 6.07) is 10.1. The minimum absolute atomic E-state index is 0.195. The van der Waals surface area contributed by atoms with Gasteiger partial charge in [0.1, 0.15) is 0 Å². The van der Waals surface area contributed by atoms with Crippen molar-refractivity contribution in [3.8, 4) is 0 Å². The molecule has 1 amide bonds. The van der Waals surface area contributed by atoms with Gasteiger partial charge in [-0.1, -0.05) is 56.0 Å². The zero-order valence-corrected chi connectivity index (χ0v) is 10.3. The lowest BCUT2D eigenvalue weighted by atomic mass is 10.0. The highest BCUT2D eigenvalue weighted by Crippen LogP contribution is 2.28. The van der Waals surface area contributed by atoms with Gasteiger partial charge in [-0.15, -0.1) is 0 Å². The smallest absolute Gasteiger partial charge is 0.220 e. The van der Waals surface area contributed by atoms with E-state index >= 15 is 0 Å². The number of benzene rings is 1. The van der Waals surface area contributed by atoms with Crippen molar-refractivity contribution in [1.82, 2.24) is 5.32 Å². The molecule has 1 fully saturated rings. The molecule has 0 atom stereocenters. The summed E-state index contributed by atoms with van der Waals surface area (Å²) in [5, 5.41) is 2.98. The standard InChI is InChI=1S/C15H21NO/c17-15(11-10-13-6-4-5-7-13)16-12-14-8-2-1-3-9-14/h1-3,8-9,13H,4-7,10-12H2,(H,16,17). The molecule has 2 heteroatoms. The summed E-state index contributed by atoms with van der Waals surface area (Å²) in [6.07, 6.45) is 7.13. The molecule has 0 heterocycles. The second kappa shape index (κ2) is 6.43.